The zero-order valence-corrected chi connectivity index (χ0v) is 50.6. The molecule has 0 amide bonds. The summed E-state index contributed by atoms with van der Waals surface area (Å²) < 4.78 is 37.5. The van der Waals surface area contributed by atoms with Crippen LogP contribution >= 0.6 is 0 Å². The van der Waals surface area contributed by atoms with Gasteiger partial charge < -0.3 is 43.6 Å². The smallest absolute Gasteiger partial charge is 0.339 e. The SMILES string of the molecule is C[C@@]12C[C@H]3C[C@@]45CCC[C@@H]4CC4=C[C@@H]6C7(CCCC7)C[C@@H]7CCCC[C@@H]7[C@]67O[C@]46[C@H]5C(=O)OC[C@@]64[C@@H]7C(=O)[C@@H](O)[C@]([C@@H]5CCC[C@@H](Cc6ccccc6)C5)([C@H]34)[C@]13O[C@@H]3C(=O)O[C@H]2c1ccoc1C[C@@H]([C@H]1CC[C@@H]2[C@H](C=CN3CNC[C@@H]23)C1)[C@H](O)CO. The number of epoxide rings is 1. The summed E-state index contributed by atoms with van der Waals surface area (Å²) in [6.45, 7) is 3.88. The number of nitrogens with one attached hydrogen (secondary N) is 1. The molecule has 2 aromatic rings. The summed E-state index contributed by atoms with van der Waals surface area (Å²) in [7, 11) is 0. The summed E-state index contributed by atoms with van der Waals surface area (Å²) in [6, 6.07) is 13.3. The first-order valence-corrected chi connectivity index (χ1v) is 35.1. The summed E-state index contributed by atoms with van der Waals surface area (Å²) in [4.78, 5) is 52.1. The van der Waals surface area contributed by atoms with Crippen LogP contribution in [0.3, 0.4) is 0 Å². The molecule has 19 rings (SSSR count). The summed E-state index contributed by atoms with van der Waals surface area (Å²) in [5.41, 5.74) is -3.76. The number of ketones is 1. The number of carbonyl (C=O) groups excluding carboxylic acids is 3. The Morgan fingerprint density at radius 3 is 2.55 bits per heavy atom. The van der Waals surface area contributed by atoms with Crippen LogP contribution in [0.15, 0.2) is 71.0 Å². The fourth-order valence-corrected chi connectivity index (χ4v) is 28.5. The van der Waals surface area contributed by atoms with Crippen molar-refractivity contribution in [1.82, 2.24) is 10.2 Å². The second kappa shape index (κ2) is 18.2. The molecule has 1 aromatic carbocycles. The van der Waals surface area contributed by atoms with Gasteiger partial charge in [0.1, 0.15) is 35.8 Å². The largest absolute Gasteiger partial charge is 0.469 e. The van der Waals surface area contributed by atoms with Gasteiger partial charge >= 0.3 is 11.9 Å². The van der Waals surface area contributed by atoms with Crippen LogP contribution < -0.4 is 5.32 Å². The van der Waals surface area contributed by atoms with Gasteiger partial charge in [0.2, 0.25) is 0 Å². The number of cyclic esters (lactones) is 2. The second-order valence-electron chi connectivity index (χ2n) is 33.0. The molecule has 17 aliphatic rings. The van der Waals surface area contributed by atoms with Crippen molar-refractivity contribution in [3.8, 4) is 0 Å². The van der Waals surface area contributed by atoms with Crippen LogP contribution in [0.1, 0.15) is 171 Å². The Bertz CT molecular complexity index is 3230. The van der Waals surface area contributed by atoms with Gasteiger partial charge in [0.05, 0.1) is 48.5 Å². The molecule has 1 aromatic heterocycles. The molecule has 460 valence electrons. The molecule has 5 bridgehead atoms. The van der Waals surface area contributed by atoms with E-state index in [0.29, 0.717) is 42.4 Å². The number of benzene rings is 1. The van der Waals surface area contributed by atoms with E-state index in [1.54, 1.807) is 6.26 Å². The van der Waals surface area contributed by atoms with E-state index >= 15 is 14.4 Å². The lowest BCUT2D eigenvalue weighted by Crippen LogP contribution is -2.82. The minimum Gasteiger partial charge on any atom is -0.469 e. The number of esters is 2. The van der Waals surface area contributed by atoms with Gasteiger partial charge in [0.25, 0.3) is 0 Å². The molecule has 8 heterocycles. The normalized spacial score (nSPS) is 52.2. The van der Waals surface area contributed by atoms with Crippen molar-refractivity contribution < 1.29 is 53.1 Å². The molecule has 15 fully saturated rings. The van der Waals surface area contributed by atoms with Crippen molar-refractivity contribution in [1.29, 1.82) is 0 Å². The molecule has 0 radical (unpaired) electrons. The third kappa shape index (κ3) is 6.22. The van der Waals surface area contributed by atoms with Crippen molar-refractivity contribution in [2.45, 2.75) is 208 Å². The zero-order valence-electron chi connectivity index (χ0n) is 50.6. The van der Waals surface area contributed by atoms with Crippen LogP contribution in [-0.2, 0) is 46.2 Å². The topological polar surface area (TPSA) is 181 Å². The number of carbonyl (C=O) groups is 3. The van der Waals surface area contributed by atoms with E-state index in [1.807, 2.05) is 6.07 Å². The van der Waals surface area contributed by atoms with Crippen LogP contribution in [0, 0.1) is 110 Å². The fraction of sp³-hybridized carbons (Fsp3) is 0.767. The minimum atomic E-state index is -1.47. The lowest BCUT2D eigenvalue weighted by atomic mass is 9.29. The van der Waals surface area contributed by atoms with E-state index < -0.39 is 80.7 Å². The van der Waals surface area contributed by atoms with Gasteiger partial charge in [-0.3, -0.25) is 14.9 Å². The highest BCUT2D eigenvalue weighted by Gasteiger charge is 2.99. The molecule has 86 heavy (non-hydrogen) atoms. The molecular weight excluding hydrogens is 1080 g/mol. The average Bonchev–Trinajstić information content (AvgIpc) is 1.41. The number of hydrogen-bond donors (Lipinski definition) is 4. The van der Waals surface area contributed by atoms with Crippen LogP contribution in [0.2, 0.25) is 0 Å². The number of aliphatic hydroxyl groups excluding tert-OH is 3. The van der Waals surface area contributed by atoms with Crippen molar-refractivity contribution in [3.63, 3.8) is 0 Å². The Morgan fingerprint density at radius 1 is 0.837 bits per heavy atom. The number of allylic oxidation sites excluding steroid dienone is 1. The highest BCUT2D eigenvalue weighted by molar-refractivity contribution is 5.94. The van der Waals surface area contributed by atoms with Crippen molar-refractivity contribution in [3.05, 3.63) is 83.5 Å². The van der Waals surface area contributed by atoms with Gasteiger partial charge in [-0.15, -0.1) is 0 Å². The number of ether oxygens (including phenoxy) is 4. The fourth-order valence-electron chi connectivity index (χ4n) is 28.5. The summed E-state index contributed by atoms with van der Waals surface area (Å²) in [6.07, 6.45) is 27.7. The molecule has 5 saturated heterocycles. The number of nitrogens with zero attached hydrogens (tertiary/aromatic N) is 1. The number of furan rings is 1. The summed E-state index contributed by atoms with van der Waals surface area (Å²) in [5.74, 6) is -0.300. The highest BCUT2D eigenvalue weighted by atomic mass is 16.7. The maximum atomic E-state index is 17.9. The van der Waals surface area contributed by atoms with Crippen LogP contribution in [-0.4, -0.2) is 106 Å². The van der Waals surface area contributed by atoms with E-state index in [9.17, 15) is 15.3 Å². The Morgan fingerprint density at radius 2 is 1.69 bits per heavy atom. The predicted molar refractivity (Wildman–Crippen MR) is 315 cm³/mol. The van der Waals surface area contributed by atoms with Gasteiger partial charge in [-0.2, -0.15) is 0 Å². The van der Waals surface area contributed by atoms with Crippen LogP contribution in [0.25, 0.3) is 0 Å². The predicted octanol–water partition coefficient (Wildman–Crippen LogP) is 10.1. The molecule has 10 saturated carbocycles. The first kappa shape index (κ1) is 53.9. The van der Waals surface area contributed by atoms with Gasteiger partial charge in [-0.25, -0.2) is 4.79 Å². The Labute approximate surface area is 506 Å². The molecule has 7 aliphatic heterocycles. The number of fused-ring (bicyclic) bond motifs is 5. The van der Waals surface area contributed by atoms with E-state index in [0.717, 1.165) is 134 Å². The highest BCUT2D eigenvalue weighted by Crippen LogP contribution is 2.92. The third-order valence-corrected chi connectivity index (χ3v) is 30.6. The van der Waals surface area contributed by atoms with Crippen molar-refractivity contribution in [2.75, 3.05) is 26.4 Å². The third-order valence-electron chi connectivity index (χ3n) is 30.6. The standard InChI is InChI=1S/C73H92N2O11/c1-66-33-45-35-68-24-10-16-46(68)30-48-31-56-67(22-7-8-23-67)34-44-14-5-6-17-52(44)71(56)59-57(78)61(79)70(47-15-9-13-41(28-47)27-40-11-3-2-4-12-40,58(45)69(59)38-83-64(80)60(68)72(48,69)86-71)73(66)63(85-73)65(81)84-62(66)50-21-26-82-55(50)32-51(54(77)37-76)42-18-19-49-43(29-42)20-25-75-39-74-36-53(49)75/h2-4,11-12,20-21,25-26,31,41-47,49,51-54,56,58-63,74,76-77,79H,5-10,13-19,22-24,27-30,32-39H2,1H3/t41-,42-,43+,44-,45-,46+,47+,49+,51-,52-,53-,54+,56+,58+,59-,60-,61+,62-,63+,66-,68-,69+,70-,71-,72-,73+/m0/s1. The van der Waals surface area contributed by atoms with E-state index in [2.05, 4.69) is 65.8 Å². The lowest BCUT2D eigenvalue weighted by molar-refractivity contribution is -0.301. The second-order valence-corrected chi connectivity index (χ2v) is 33.0. The van der Waals surface area contributed by atoms with Crippen LogP contribution in [0.4, 0.5) is 0 Å². The molecule has 26 atom stereocenters. The Hall–Kier alpha value is -3.85. The van der Waals surface area contributed by atoms with Gasteiger partial charge in [0.15, 0.2) is 11.9 Å². The quantitative estimate of drug-likeness (QED) is 0.106. The number of Topliss-reactive ketones (excluding diaryl/α,β-unsaturated/α-hetero) is 1. The van der Waals surface area contributed by atoms with Gasteiger partial charge in [-0.1, -0.05) is 101 Å². The monoisotopic (exact) mass is 1170 g/mol. The lowest BCUT2D eigenvalue weighted by Gasteiger charge is -2.73. The first-order chi connectivity index (χ1) is 41.8. The molecule has 13 nitrogen and oxygen atoms in total. The zero-order chi connectivity index (χ0) is 57.7. The Balaban J connectivity index is 0.813. The minimum absolute atomic E-state index is 0.00358. The first-order valence-electron chi connectivity index (χ1n) is 35.1. The molecule has 4 N–H and O–H groups in total. The van der Waals surface area contributed by atoms with E-state index in [4.69, 9.17) is 23.4 Å². The average molecular weight is 1170 g/mol. The molecule has 6 spiro atoms. The van der Waals surface area contributed by atoms with E-state index in [1.165, 1.54) is 36.8 Å². The maximum absolute atomic E-state index is 17.9. The molecular formula is C73H92N2O11. The summed E-state index contributed by atoms with van der Waals surface area (Å²) >= 11 is 0. The van der Waals surface area contributed by atoms with Crippen LogP contribution in [0.5, 0.6) is 0 Å². The molecule has 0 unspecified atom stereocenters. The number of aliphatic hydroxyl groups is 3. The Kier molecular flexibility index (Phi) is 11.4. The number of rotatable bonds is 9. The van der Waals surface area contributed by atoms with E-state index in [-0.39, 0.29) is 83.6 Å². The molecule has 10 aliphatic carbocycles. The van der Waals surface area contributed by atoms with Crippen molar-refractivity contribution in [2.24, 2.45) is 110 Å². The van der Waals surface area contributed by atoms with Gasteiger partial charge in [-0.05, 0) is 196 Å². The summed E-state index contributed by atoms with van der Waals surface area (Å²) in [5, 5.41) is 41.5. The maximum Gasteiger partial charge on any atom is 0.339 e. The number of hydrogen-bond acceptors (Lipinski definition) is 13. The van der Waals surface area contributed by atoms with Gasteiger partial charge in [0, 0.05) is 41.3 Å². The molecule has 13 heteroatoms. The van der Waals surface area contributed by atoms with Crippen molar-refractivity contribution >= 4 is 17.7 Å².